The Bertz CT molecular complexity index is 1120. The average Bonchev–Trinajstić information content (AvgIpc) is 3.05. The van der Waals surface area contributed by atoms with Crippen LogP contribution in [0.3, 0.4) is 0 Å². The minimum absolute atomic E-state index is 0.101. The van der Waals surface area contributed by atoms with E-state index in [0.717, 1.165) is 17.0 Å². The standard InChI is InChI=1S/C22H18N2O2S/c1-16-5-4-6-17(13-16)15-27-22-14-23(21-8-3-2-7-20(21)22)18-9-11-19(12-10-18)24(25)26/h2-14H,15H2,1H3. The van der Waals surface area contributed by atoms with Gasteiger partial charge in [0.15, 0.2) is 0 Å². The summed E-state index contributed by atoms with van der Waals surface area (Å²) < 4.78 is 2.09. The van der Waals surface area contributed by atoms with Gasteiger partial charge >= 0.3 is 0 Å². The Balaban J connectivity index is 1.69. The second-order valence-corrected chi connectivity index (χ2v) is 7.45. The fourth-order valence-corrected chi connectivity index (χ4v) is 4.18. The molecule has 0 atom stereocenters. The van der Waals surface area contributed by atoms with Crippen molar-refractivity contribution in [2.45, 2.75) is 17.6 Å². The summed E-state index contributed by atoms with van der Waals surface area (Å²) in [6, 6.07) is 23.5. The molecular formula is C22H18N2O2S. The van der Waals surface area contributed by atoms with Crippen LogP contribution >= 0.6 is 11.8 Å². The Hall–Kier alpha value is -3.05. The van der Waals surface area contributed by atoms with Crippen LogP contribution in [-0.2, 0) is 5.75 Å². The number of non-ortho nitro benzene ring substituents is 1. The van der Waals surface area contributed by atoms with E-state index < -0.39 is 0 Å². The summed E-state index contributed by atoms with van der Waals surface area (Å²) in [6.45, 7) is 2.11. The maximum absolute atomic E-state index is 10.9. The number of nitrogens with zero attached hydrogens (tertiary/aromatic N) is 2. The summed E-state index contributed by atoms with van der Waals surface area (Å²) in [4.78, 5) is 11.7. The fourth-order valence-electron chi connectivity index (χ4n) is 3.18. The lowest BCUT2D eigenvalue weighted by Crippen LogP contribution is -1.93. The van der Waals surface area contributed by atoms with Crippen molar-refractivity contribution in [3.05, 3.63) is 100 Å². The highest BCUT2D eigenvalue weighted by Gasteiger charge is 2.12. The fraction of sp³-hybridized carbons (Fsp3) is 0.0909. The smallest absolute Gasteiger partial charge is 0.269 e. The maximum Gasteiger partial charge on any atom is 0.269 e. The molecule has 1 aromatic heterocycles. The predicted octanol–water partition coefficient (Wildman–Crippen LogP) is 6.14. The topological polar surface area (TPSA) is 48.1 Å². The molecule has 0 radical (unpaired) electrons. The minimum Gasteiger partial charge on any atom is -0.315 e. The summed E-state index contributed by atoms with van der Waals surface area (Å²) >= 11 is 1.81. The maximum atomic E-state index is 10.9. The highest BCUT2D eigenvalue weighted by atomic mass is 32.2. The molecule has 134 valence electrons. The average molecular weight is 374 g/mol. The van der Waals surface area contributed by atoms with Gasteiger partial charge in [-0.15, -0.1) is 11.8 Å². The van der Waals surface area contributed by atoms with Crippen molar-refractivity contribution >= 4 is 28.4 Å². The van der Waals surface area contributed by atoms with E-state index in [1.54, 1.807) is 36.0 Å². The van der Waals surface area contributed by atoms with Crippen LogP contribution < -0.4 is 0 Å². The first-order chi connectivity index (χ1) is 13.1. The van der Waals surface area contributed by atoms with Crippen molar-refractivity contribution in [3.8, 4) is 5.69 Å². The molecule has 0 aliphatic heterocycles. The SMILES string of the molecule is Cc1cccc(CSc2cn(-c3ccc([N+](=O)[O-])cc3)c3ccccc23)c1. The van der Waals surface area contributed by atoms with Crippen molar-refractivity contribution in [1.82, 2.24) is 4.57 Å². The van der Waals surface area contributed by atoms with Gasteiger partial charge in [-0.05, 0) is 30.7 Å². The second-order valence-electron chi connectivity index (χ2n) is 6.43. The third-order valence-electron chi connectivity index (χ3n) is 4.49. The molecule has 0 saturated carbocycles. The van der Waals surface area contributed by atoms with Gasteiger partial charge < -0.3 is 4.57 Å². The van der Waals surface area contributed by atoms with Crippen LogP contribution in [0.2, 0.25) is 0 Å². The number of aryl methyl sites for hydroxylation is 1. The molecule has 0 spiro atoms. The molecule has 0 bridgehead atoms. The predicted molar refractivity (Wildman–Crippen MR) is 111 cm³/mol. The molecule has 0 N–H and O–H groups in total. The number of hydrogen-bond acceptors (Lipinski definition) is 3. The normalized spacial score (nSPS) is 11.0. The quantitative estimate of drug-likeness (QED) is 0.239. The zero-order valence-corrected chi connectivity index (χ0v) is 15.6. The van der Waals surface area contributed by atoms with Crippen LogP contribution in [0.25, 0.3) is 16.6 Å². The van der Waals surface area contributed by atoms with Crippen molar-refractivity contribution in [2.75, 3.05) is 0 Å². The lowest BCUT2D eigenvalue weighted by molar-refractivity contribution is -0.384. The molecule has 0 fully saturated rings. The number of fused-ring (bicyclic) bond motifs is 1. The van der Waals surface area contributed by atoms with Crippen LogP contribution in [0.1, 0.15) is 11.1 Å². The molecule has 4 rings (SSSR count). The molecule has 4 nitrogen and oxygen atoms in total. The van der Waals surface area contributed by atoms with E-state index in [0.29, 0.717) is 0 Å². The summed E-state index contributed by atoms with van der Waals surface area (Å²) in [7, 11) is 0. The number of thioether (sulfide) groups is 1. The lowest BCUT2D eigenvalue weighted by atomic mass is 10.2. The molecular weight excluding hydrogens is 356 g/mol. The molecule has 1 heterocycles. The second kappa shape index (κ2) is 7.29. The van der Waals surface area contributed by atoms with Crippen molar-refractivity contribution in [2.24, 2.45) is 0 Å². The van der Waals surface area contributed by atoms with Gasteiger partial charge in [0.05, 0.1) is 10.4 Å². The van der Waals surface area contributed by atoms with Crippen LogP contribution in [0.4, 0.5) is 5.69 Å². The van der Waals surface area contributed by atoms with E-state index >= 15 is 0 Å². The van der Waals surface area contributed by atoms with Crippen molar-refractivity contribution in [1.29, 1.82) is 0 Å². The third-order valence-corrected chi connectivity index (χ3v) is 5.60. The Labute approximate surface area is 161 Å². The molecule has 0 unspecified atom stereocenters. The molecule has 0 aliphatic rings. The lowest BCUT2D eigenvalue weighted by Gasteiger charge is -2.04. The summed E-state index contributed by atoms with van der Waals surface area (Å²) in [5.41, 5.74) is 4.68. The van der Waals surface area contributed by atoms with Crippen LogP contribution in [0.5, 0.6) is 0 Å². The molecule has 5 heteroatoms. The first-order valence-electron chi connectivity index (χ1n) is 8.65. The van der Waals surface area contributed by atoms with Gasteiger partial charge in [0.2, 0.25) is 0 Å². The van der Waals surface area contributed by atoms with Gasteiger partial charge in [-0.3, -0.25) is 10.1 Å². The molecule has 0 amide bonds. The summed E-state index contributed by atoms with van der Waals surface area (Å²) in [5, 5.41) is 12.1. The van der Waals surface area contributed by atoms with Gasteiger partial charge in [-0.2, -0.15) is 0 Å². The van der Waals surface area contributed by atoms with Gasteiger partial charge in [-0.1, -0.05) is 48.0 Å². The monoisotopic (exact) mass is 374 g/mol. The number of benzene rings is 3. The van der Waals surface area contributed by atoms with Gasteiger partial charge in [0, 0.05) is 40.1 Å². The highest BCUT2D eigenvalue weighted by molar-refractivity contribution is 7.98. The van der Waals surface area contributed by atoms with Crippen LogP contribution in [0.15, 0.2) is 83.9 Å². The first-order valence-corrected chi connectivity index (χ1v) is 9.63. The number of nitro benzene ring substituents is 1. The number of aromatic nitrogens is 1. The van der Waals surface area contributed by atoms with E-state index in [2.05, 4.69) is 54.1 Å². The van der Waals surface area contributed by atoms with Gasteiger partial charge in [0.25, 0.3) is 5.69 Å². The number of para-hydroxylation sites is 1. The van der Waals surface area contributed by atoms with Crippen LogP contribution in [0, 0.1) is 17.0 Å². The largest absolute Gasteiger partial charge is 0.315 e. The first kappa shape index (κ1) is 17.4. The van der Waals surface area contributed by atoms with E-state index in [-0.39, 0.29) is 10.6 Å². The summed E-state index contributed by atoms with van der Waals surface area (Å²) in [5.74, 6) is 0.899. The Kier molecular flexibility index (Phi) is 4.69. The highest BCUT2D eigenvalue weighted by Crippen LogP contribution is 2.34. The van der Waals surface area contributed by atoms with Gasteiger partial charge in [-0.25, -0.2) is 0 Å². The zero-order chi connectivity index (χ0) is 18.8. The van der Waals surface area contributed by atoms with E-state index in [1.807, 2.05) is 12.1 Å². The van der Waals surface area contributed by atoms with E-state index in [1.165, 1.54) is 21.4 Å². The van der Waals surface area contributed by atoms with Crippen LogP contribution in [-0.4, -0.2) is 9.49 Å². The zero-order valence-electron chi connectivity index (χ0n) is 14.8. The van der Waals surface area contributed by atoms with E-state index in [9.17, 15) is 10.1 Å². The Morgan fingerprint density at radius 1 is 1.00 bits per heavy atom. The Morgan fingerprint density at radius 2 is 1.78 bits per heavy atom. The number of hydrogen-bond donors (Lipinski definition) is 0. The molecule has 3 aromatic carbocycles. The molecule has 27 heavy (non-hydrogen) atoms. The third kappa shape index (κ3) is 3.59. The van der Waals surface area contributed by atoms with Crippen molar-refractivity contribution in [3.63, 3.8) is 0 Å². The van der Waals surface area contributed by atoms with Gasteiger partial charge in [0.1, 0.15) is 0 Å². The number of rotatable bonds is 5. The summed E-state index contributed by atoms with van der Waals surface area (Å²) in [6.07, 6.45) is 2.12. The molecule has 0 saturated heterocycles. The molecule has 4 aromatic rings. The minimum atomic E-state index is -0.374. The molecule has 0 aliphatic carbocycles. The van der Waals surface area contributed by atoms with E-state index in [4.69, 9.17) is 0 Å². The van der Waals surface area contributed by atoms with Crippen molar-refractivity contribution < 1.29 is 4.92 Å². The number of nitro groups is 1. The Morgan fingerprint density at radius 3 is 2.52 bits per heavy atom.